The second kappa shape index (κ2) is 8.88. The van der Waals surface area contributed by atoms with Crippen LogP contribution in [0.3, 0.4) is 0 Å². The van der Waals surface area contributed by atoms with Crippen LogP contribution in [0.5, 0.6) is 11.5 Å². The Morgan fingerprint density at radius 3 is 2.71 bits per heavy atom. The van der Waals surface area contributed by atoms with E-state index in [1.54, 1.807) is 23.5 Å². The van der Waals surface area contributed by atoms with Gasteiger partial charge in [-0.05, 0) is 30.9 Å². The van der Waals surface area contributed by atoms with Crippen molar-refractivity contribution in [3.05, 3.63) is 51.2 Å². The minimum Gasteiger partial charge on any atom is -0.493 e. The maximum absolute atomic E-state index is 12.7. The first kappa shape index (κ1) is 19.9. The smallest absolute Gasteiger partial charge is 0.261 e. The Balaban J connectivity index is 1.65. The van der Waals surface area contributed by atoms with Crippen molar-refractivity contribution >= 4 is 28.1 Å². The zero-order chi connectivity index (χ0) is 20.1. The van der Waals surface area contributed by atoms with Crippen LogP contribution in [0.4, 0.5) is 0 Å². The number of hydrogen-bond donors (Lipinski definition) is 1. The summed E-state index contributed by atoms with van der Waals surface area (Å²) in [7, 11) is 3.06. The van der Waals surface area contributed by atoms with Crippen molar-refractivity contribution in [3.8, 4) is 11.5 Å². The molecule has 7 nitrogen and oxygen atoms in total. The topological polar surface area (TPSA) is 82.5 Å². The lowest BCUT2D eigenvalue weighted by atomic mass is 10.2. The molecule has 3 rings (SSSR count). The molecule has 0 radical (unpaired) electrons. The molecule has 0 aliphatic heterocycles. The normalized spacial score (nSPS) is 12.0. The summed E-state index contributed by atoms with van der Waals surface area (Å²) in [5.41, 5.74) is 0.375. The van der Waals surface area contributed by atoms with Gasteiger partial charge in [-0.15, -0.1) is 11.3 Å². The molecule has 0 bridgehead atoms. The number of carbonyl (C=O) groups is 1. The highest BCUT2D eigenvalue weighted by molar-refractivity contribution is 7.10. The Morgan fingerprint density at radius 1 is 1.29 bits per heavy atom. The van der Waals surface area contributed by atoms with Crippen molar-refractivity contribution in [1.82, 2.24) is 14.9 Å². The van der Waals surface area contributed by atoms with E-state index >= 15 is 0 Å². The molecule has 0 fully saturated rings. The second-order valence-corrected chi connectivity index (χ2v) is 7.35. The van der Waals surface area contributed by atoms with E-state index in [1.165, 1.54) is 25.1 Å². The molecule has 2 aromatic heterocycles. The highest BCUT2D eigenvalue weighted by Crippen LogP contribution is 2.29. The molecule has 0 saturated heterocycles. The Kier molecular flexibility index (Phi) is 6.30. The molecule has 1 aromatic carbocycles. The molecule has 8 heteroatoms. The molecule has 0 unspecified atom stereocenters. The molecule has 0 aliphatic carbocycles. The van der Waals surface area contributed by atoms with Gasteiger partial charge in [-0.1, -0.05) is 6.07 Å². The van der Waals surface area contributed by atoms with Gasteiger partial charge in [0.1, 0.15) is 0 Å². The van der Waals surface area contributed by atoms with Crippen molar-refractivity contribution in [3.63, 3.8) is 0 Å². The monoisotopic (exact) mass is 401 g/mol. The van der Waals surface area contributed by atoms with E-state index in [9.17, 15) is 9.59 Å². The number of methoxy groups -OCH3 is 2. The van der Waals surface area contributed by atoms with E-state index in [4.69, 9.17) is 9.47 Å². The number of nitrogens with one attached hydrogen (secondary N) is 1. The quantitative estimate of drug-likeness (QED) is 0.627. The van der Waals surface area contributed by atoms with Crippen LogP contribution in [0.25, 0.3) is 10.9 Å². The van der Waals surface area contributed by atoms with Crippen molar-refractivity contribution in [2.75, 3.05) is 14.2 Å². The summed E-state index contributed by atoms with van der Waals surface area (Å²) >= 11 is 1.61. The number of rotatable bonds is 8. The maximum atomic E-state index is 12.7. The first-order valence-corrected chi connectivity index (χ1v) is 9.85. The standard InChI is InChI=1S/C20H23N3O4S/c1-13(18-6-5-9-28-18)22-19(24)7-4-8-23-12-21-15-11-17(27-3)16(26-2)10-14(15)20(23)25/h5-6,9-13H,4,7-8H2,1-3H3,(H,22,24)/t13-/m0/s1. The van der Waals surface area contributed by atoms with Gasteiger partial charge in [0.05, 0.1) is 37.5 Å². The van der Waals surface area contributed by atoms with Gasteiger partial charge >= 0.3 is 0 Å². The predicted molar refractivity (Wildman–Crippen MR) is 109 cm³/mol. The SMILES string of the molecule is COc1cc2ncn(CCCC(=O)N[C@@H](C)c3cccs3)c(=O)c2cc1OC. The zero-order valence-electron chi connectivity index (χ0n) is 16.1. The largest absolute Gasteiger partial charge is 0.493 e. The minimum atomic E-state index is -0.168. The summed E-state index contributed by atoms with van der Waals surface area (Å²) in [6, 6.07) is 7.26. The van der Waals surface area contributed by atoms with E-state index < -0.39 is 0 Å². The van der Waals surface area contributed by atoms with Crippen molar-refractivity contribution in [1.29, 1.82) is 0 Å². The van der Waals surface area contributed by atoms with Crippen molar-refractivity contribution in [2.24, 2.45) is 0 Å². The molecule has 1 atom stereocenters. The third kappa shape index (κ3) is 4.33. The third-order valence-electron chi connectivity index (χ3n) is 4.48. The number of carbonyl (C=O) groups excluding carboxylic acids is 1. The van der Waals surface area contributed by atoms with Crippen LogP contribution >= 0.6 is 11.3 Å². The summed E-state index contributed by atoms with van der Waals surface area (Å²) < 4.78 is 12.0. The van der Waals surface area contributed by atoms with Crippen LogP contribution in [-0.4, -0.2) is 29.7 Å². The summed E-state index contributed by atoms with van der Waals surface area (Å²) in [6.07, 6.45) is 2.39. The molecule has 0 saturated carbocycles. The summed E-state index contributed by atoms with van der Waals surface area (Å²) in [5.74, 6) is 0.971. The number of aryl methyl sites for hydroxylation is 1. The summed E-state index contributed by atoms with van der Waals surface area (Å²) in [6.45, 7) is 2.38. The molecule has 148 valence electrons. The van der Waals surface area contributed by atoms with Gasteiger partial charge in [-0.3, -0.25) is 14.2 Å². The average Bonchev–Trinajstić information content (AvgIpc) is 3.24. The molecule has 2 heterocycles. The fraction of sp³-hybridized carbons (Fsp3) is 0.350. The molecule has 0 spiro atoms. The highest BCUT2D eigenvalue weighted by atomic mass is 32.1. The molecule has 3 aromatic rings. The highest BCUT2D eigenvalue weighted by Gasteiger charge is 2.12. The number of hydrogen-bond acceptors (Lipinski definition) is 6. The molecule has 0 aliphatic rings. The van der Waals surface area contributed by atoms with Crippen LogP contribution < -0.4 is 20.3 Å². The maximum Gasteiger partial charge on any atom is 0.261 e. The van der Waals surface area contributed by atoms with Crippen LogP contribution in [0.1, 0.15) is 30.7 Å². The Labute approximate surface area is 166 Å². The molecule has 28 heavy (non-hydrogen) atoms. The number of ether oxygens (including phenoxy) is 2. The lowest BCUT2D eigenvalue weighted by molar-refractivity contribution is -0.121. The van der Waals surface area contributed by atoms with Crippen molar-refractivity contribution < 1.29 is 14.3 Å². The van der Waals surface area contributed by atoms with E-state index in [-0.39, 0.29) is 17.5 Å². The van der Waals surface area contributed by atoms with E-state index in [0.29, 0.717) is 41.8 Å². The lowest BCUT2D eigenvalue weighted by Crippen LogP contribution is -2.27. The van der Waals surface area contributed by atoms with E-state index in [0.717, 1.165) is 4.88 Å². The fourth-order valence-electron chi connectivity index (χ4n) is 2.98. The molecule has 1 amide bonds. The van der Waals surface area contributed by atoms with Crippen molar-refractivity contribution in [2.45, 2.75) is 32.4 Å². The fourth-order valence-corrected chi connectivity index (χ4v) is 3.71. The average molecular weight is 401 g/mol. The predicted octanol–water partition coefficient (Wildman–Crippen LogP) is 3.13. The number of thiophene rings is 1. The Bertz CT molecular complexity index is 1010. The third-order valence-corrected chi connectivity index (χ3v) is 5.53. The number of nitrogens with zero attached hydrogens (tertiary/aromatic N) is 2. The zero-order valence-corrected chi connectivity index (χ0v) is 16.9. The van der Waals surface area contributed by atoms with Crippen LogP contribution in [-0.2, 0) is 11.3 Å². The summed E-state index contributed by atoms with van der Waals surface area (Å²) in [4.78, 5) is 30.3. The molecular formula is C20H23N3O4S. The lowest BCUT2D eigenvalue weighted by Gasteiger charge is -2.13. The number of fused-ring (bicyclic) bond motifs is 1. The molecular weight excluding hydrogens is 378 g/mol. The van der Waals surface area contributed by atoms with Gasteiger partial charge in [0, 0.05) is 23.9 Å². The van der Waals surface area contributed by atoms with Gasteiger partial charge in [-0.2, -0.15) is 0 Å². The van der Waals surface area contributed by atoms with E-state index in [1.807, 2.05) is 24.4 Å². The second-order valence-electron chi connectivity index (χ2n) is 6.38. The Morgan fingerprint density at radius 2 is 2.04 bits per heavy atom. The van der Waals surface area contributed by atoms with Gasteiger partial charge in [0.25, 0.3) is 5.56 Å². The number of benzene rings is 1. The number of amides is 1. The van der Waals surface area contributed by atoms with Gasteiger partial charge < -0.3 is 14.8 Å². The first-order valence-electron chi connectivity index (χ1n) is 8.97. The summed E-state index contributed by atoms with van der Waals surface area (Å²) in [5, 5.41) is 5.42. The first-order chi connectivity index (χ1) is 13.5. The minimum absolute atomic E-state index is 0.0139. The number of aromatic nitrogens is 2. The van der Waals surface area contributed by atoms with Crippen LogP contribution in [0, 0.1) is 0 Å². The van der Waals surface area contributed by atoms with Crippen LogP contribution in [0.2, 0.25) is 0 Å². The molecule has 1 N–H and O–H groups in total. The van der Waals surface area contributed by atoms with E-state index in [2.05, 4.69) is 10.3 Å². The van der Waals surface area contributed by atoms with Gasteiger partial charge in [-0.25, -0.2) is 4.98 Å². The van der Waals surface area contributed by atoms with Gasteiger partial charge in [0.15, 0.2) is 11.5 Å². The van der Waals surface area contributed by atoms with Gasteiger partial charge in [0.2, 0.25) is 5.91 Å². The van der Waals surface area contributed by atoms with Crippen LogP contribution in [0.15, 0.2) is 40.8 Å². The Hall–Kier alpha value is -2.87.